The van der Waals surface area contributed by atoms with Gasteiger partial charge in [0.2, 0.25) is 0 Å². The van der Waals surface area contributed by atoms with Crippen molar-refractivity contribution in [3.05, 3.63) is 21.9 Å². The summed E-state index contributed by atoms with van der Waals surface area (Å²) in [5, 5.41) is 0.0967. The highest BCUT2D eigenvalue weighted by molar-refractivity contribution is 7.11. The molecule has 1 atom stereocenters. The van der Waals surface area contributed by atoms with Gasteiger partial charge in [0.15, 0.2) is 0 Å². The van der Waals surface area contributed by atoms with Crippen molar-refractivity contribution in [1.29, 1.82) is 0 Å². The maximum atomic E-state index is 6.52. The Bertz CT molecular complexity index is 558. The molecule has 0 N–H and O–H groups in total. The van der Waals surface area contributed by atoms with E-state index in [1.807, 2.05) is 11.3 Å². The van der Waals surface area contributed by atoms with Crippen LogP contribution in [0.5, 0.6) is 0 Å². The van der Waals surface area contributed by atoms with Gasteiger partial charge in [-0.15, -0.1) is 11.3 Å². The van der Waals surface area contributed by atoms with Crippen LogP contribution in [0.15, 0.2) is 12.1 Å². The third-order valence-electron chi connectivity index (χ3n) is 6.79. The lowest BCUT2D eigenvalue weighted by atomic mass is 9.50. The first-order chi connectivity index (χ1) is 11.1. The second-order valence-electron chi connectivity index (χ2n) is 9.09. The Hall–Kier alpha value is -0.315. The lowest BCUT2D eigenvalue weighted by molar-refractivity contribution is 0.00578. The van der Waals surface area contributed by atoms with Gasteiger partial charge in [-0.2, -0.15) is 0 Å². The fourth-order valence-electron chi connectivity index (χ4n) is 4.22. The highest BCUT2D eigenvalue weighted by atomic mass is 32.1. The standard InChI is InChI=1S/C20H33BO2S/c1-15-11-12-17(24-15)13-14-20(6,16-9-7-8-10-16)21-22-18(2,3)19(4,5)23-21/h11-12,16H,7-10,13-14H2,1-6H3. The van der Waals surface area contributed by atoms with Gasteiger partial charge in [-0.25, -0.2) is 0 Å². The summed E-state index contributed by atoms with van der Waals surface area (Å²) in [6, 6.07) is 4.53. The van der Waals surface area contributed by atoms with Gasteiger partial charge in [0, 0.05) is 15.1 Å². The molecule has 1 saturated heterocycles. The summed E-state index contributed by atoms with van der Waals surface area (Å²) in [4.78, 5) is 2.90. The Morgan fingerprint density at radius 1 is 1.12 bits per heavy atom. The number of thiophene rings is 1. The Morgan fingerprint density at radius 2 is 1.71 bits per heavy atom. The predicted octanol–water partition coefficient (Wildman–Crippen LogP) is 6.03. The van der Waals surface area contributed by atoms with E-state index < -0.39 is 0 Å². The molecular weight excluding hydrogens is 315 g/mol. The van der Waals surface area contributed by atoms with E-state index in [9.17, 15) is 0 Å². The molecule has 2 heterocycles. The summed E-state index contributed by atoms with van der Waals surface area (Å²) in [5.74, 6) is 0.716. The predicted molar refractivity (Wildman–Crippen MR) is 104 cm³/mol. The van der Waals surface area contributed by atoms with Gasteiger partial charge in [0.05, 0.1) is 11.2 Å². The molecule has 1 aromatic rings. The van der Waals surface area contributed by atoms with Gasteiger partial charge in [0.1, 0.15) is 0 Å². The van der Waals surface area contributed by atoms with E-state index in [0.29, 0.717) is 5.92 Å². The second-order valence-corrected chi connectivity index (χ2v) is 10.5. The van der Waals surface area contributed by atoms with E-state index in [1.165, 1.54) is 35.4 Å². The Labute approximate surface area is 152 Å². The van der Waals surface area contributed by atoms with Gasteiger partial charge in [-0.3, -0.25) is 0 Å². The van der Waals surface area contributed by atoms with E-state index in [0.717, 1.165) is 12.8 Å². The fraction of sp³-hybridized carbons (Fsp3) is 0.800. The molecule has 1 aliphatic heterocycles. The molecular formula is C20H33BO2S. The van der Waals surface area contributed by atoms with Crippen LogP contribution in [-0.2, 0) is 15.7 Å². The Kier molecular flexibility index (Phi) is 4.96. The summed E-state index contributed by atoms with van der Waals surface area (Å²) in [7, 11) is -0.0911. The molecule has 0 aromatic carbocycles. The van der Waals surface area contributed by atoms with E-state index in [-0.39, 0.29) is 23.6 Å². The maximum absolute atomic E-state index is 6.52. The van der Waals surface area contributed by atoms with Crippen molar-refractivity contribution in [1.82, 2.24) is 0 Å². The minimum absolute atomic E-state index is 0.0911. The van der Waals surface area contributed by atoms with Crippen LogP contribution in [0.4, 0.5) is 0 Å². The zero-order chi connectivity index (χ0) is 17.6. The molecule has 2 fully saturated rings. The maximum Gasteiger partial charge on any atom is 0.464 e. The molecule has 1 aliphatic carbocycles. The first-order valence-electron chi connectivity index (χ1n) is 9.55. The smallest absolute Gasteiger partial charge is 0.403 e. The highest BCUT2D eigenvalue weighted by Gasteiger charge is 2.59. The third kappa shape index (κ3) is 3.34. The molecule has 1 unspecified atom stereocenters. The summed E-state index contributed by atoms with van der Waals surface area (Å²) >= 11 is 1.93. The van der Waals surface area contributed by atoms with Crippen LogP contribution < -0.4 is 0 Å². The highest BCUT2D eigenvalue weighted by Crippen LogP contribution is 2.55. The largest absolute Gasteiger partial charge is 0.464 e. The topological polar surface area (TPSA) is 18.5 Å². The zero-order valence-corrected chi connectivity index (χ0v) is 17.1. The van der Waals surface area contributed by atoms with Crippen molar-refractivity contribution in [3.63, 3.8) is 0 Å². The quantitative estimate of drug-likeness (QED) is 0.605. The zero-order valence-electron chi connectivity index (χ0n) is 16.3. The average Bonchev–Trinajstić information content (AvgIpc) is 3.18. The van der Waals surface area contributed by atoms with Gasteiger partial charge in [-0.05, 0) is 65.5 Å². The molecule has 3 rings (SSSR count). The number of aryl methyl sites for hydroxylation is 2. The first-order valence-corrected chi connectivity index (χ1v) is 10.4. The molecule has 0 spiro atoms. The molecule has 134 valence electrons. The van der Waals surface area contributed by atoms with Crippen LogP contribution >= 0.6 is 11.3 Å². The van der Waals surface area contributed by atoms with Crippen LogP contribution in [0.2, 0.25) is 5.31 Å². The average molecular weight is 348 g/mol. The van der Waals surface area contributed by atoms with Crippen LogP contribution in [0.25, 0.3) is 0 Å². The summed E-state index contributed by atoms with van der Waals surface area (Å²) in [6.45, 7) is 13.3. The Morgan fingerprint density at radius 3 is 2.21 bits per heavy atom. The number of hydrogen-bond donors (Lipinski definition) is 0. The molecule has 24 heavy (non-hydrogen) atoms. The van der Waals surface area contributed by atoms with E-state index in [1.54, 1.807) is 0 Å². The van der Waals surface area contributed by atoms with E-state index in [4.69, 9.17) is 9.31 Å². The van der Waals surface area contributed by atoms with Crippen LogP contribution in [0.1, 0.15) is 76.5 Å². The van der Waals surface area contributed by atoms with Crippen molar-refractivity contribution < 1.29 is 9.31 Å². The van der Waals surface area contributed by atoms with Crippen LogP contribution in [-0.4, -0.2) is 18.3 Å². The monoisotopic (exact) mass is 348 g/mol. The van der Waals surface area contributed by atoms with Crippen LogP contribution in [0, 0.1) is 12.8 Å². The summed E-state index contributed by atoms with van der Waals surface area (Å²) in [6.07, 6.45) is 7.65. The lowest BCUT2D eigenvalue weighted by Crippen LogP contribution is -2.41. The first kappa shape index (κ1) is 18.5. The molecule has 2 aliphatic rings. The summed E-state index contributed by atoms with van der Waals surface area (Å²) < 4.78 is 13.0. The Balaban J connectivity index is 1.80. The minimum Gasteiger partial charge on any atom is -0.403 e. The molecule has 2 nitrogen and oxygen atoms in total. The molecule has 1 aromatic heterocycles. The third-order valence-corrected chi connectivity index (χ3v) is 7.85. The SMILES string of the molecule is Cc1ccc(CCC(C)(B2OC(C)(C)C(C)(C)O2)C2CCCC2)s1. The molecule has 4 heteroatoms. The lowest BCUT2D eigenvalue weighted by Gasteiger charge is -2.37. The molecule has 1 saturated carbocycles. The van der Waals surface area contributed by atoms with Crippen molar-refractivity contribution in [2.24, 2.45) is 5.92 Å². The van der Waals surface area contributed by atoms with E-state index in [2.05, 4.69) is 53.7 Å². The van der Waals surface area contributed by atoms with Gasteiger partial charge < -0.3 is 9.31 Å². The fourth-order valence-corrected chi connectivity index (χ4v) is 5.11. The normalized spacial score (nSPS) is 26.0. The minimum atomic E-state index is -0.239. The van der Waals surface area contributed by atoms with Crippen molar-refractivity contribution in [2.45, 2.75) is 96.6 Å². The van der Waals surface area contributed by atoms with Gasteiger partial charge in [-0.1, -0.05) is 32.6 Å². The van der Waals surface area contributed by atoms with Crippen molar-refractivity contribution >= 4 is 18.5 Å². The molecule has 0 amide bonds. The number of rotatable bonds is 5. The summed E-state index contributed by atoms with van der Waals surface area (Å²) in [5.41, 5.74) is -0.478. The van der Waals surface area contributed by atoms with Crippen molar-refractivity contribution in [2.75, 3.05) is 0 Å². The van der Waals surface area contributed by atoms with E-state index >= 15 is 0 Å². The second kappa shape index (κ2) is 6.44. The van der Waals surface area contributed by atoms with Gasteiger partial charge in [0.25, 0.3) is 0 Å². The molecule has 0 radical (unpaired) electrons. The van der Waals surface area contributed by atoms with Crippen LogP contribution in [0.3, 0.4) is 0 Å². The van der Waals surface area contributed by atoms with Crippen molar-refractivity contribution in [3.8, 4) is 0 Å². The number of hydrogen-bond acceptors (Lipinski definition) is 3. The van der Waals surface area contributed by atoms with Gasteiger partial charge >= 0.3 is 7.12 Å². The molecule has 0 bridgehead atoms.